The third-order valence-electron chi connectivity index (χ3n) is 3.43. The SMILES string of the molecule is CC(=O)Nc1cc(-c2cncc(NC(=O)c3ccccc3)c2)ccn1. The zero-order valence-electron chi connectivity index (χ0n) is 13.6. The number of amides is 2. The molecule has 0 saturated heterocycles. The topological polar surface area (TPSA) is 84.0 Å². The van der Waals surface area contributed by atoms with Crippen molar-refractivity contribution < 1.29 is 9.59 Å². The number of nitrogens with one attached hydrogen (secondary N) is 2. The Morgan fingerprint density at radius 1 is 0.920 bits per heavy atom. The van der Waals surface area contributed by atoms with Crippen molar-refractivity contribution in [3.05, 3.63) is 72.7 Å². The summed E-state index contributed by atoms with van der Waals surface area (Å²) in [6, 6.07) is 14.3. The van der Waals surface area contributed by atoms with Crippen LogP contribution in [0.5, 0.6) is 0 Å². The van der Waals surface area contributed by atoms with Gasteiger partial charge in [-0.2, -0.15) is 0 Å². The van der Waals surface area contributed by atoms with Crippen LogP contribution in [0.25, 0.3) is 11.1 Å². The van der Waals surface area contributed by atoms with Crippen molar-refractivity contribution in [1.29, 1.82) is 0 Å². The van der Waals surface area contributed by atoms with Gasteiger partial charge in [0.05, 0.1) is 11.9 Å². The molecular formula is C19H16N4O2. The van der Waals surface area contributed by atoms with E-state index < -0.39 is 0 Å². The van der Waals surface area contributed by atoms with E-state index in [-0.39, 0.29) is 11.8 Å². The fraction of sp³-hybridized carbons (Fsp3) is 0.0526. The summed E-state index contributed by atoms with van der Waals surface area (Å²) in [4.78, 5) is 31.7. The van der Waals surface area contributed by atoms with Crippen molar-refractivity contribution >= 4 is 23.3 Å². The molecule has 0 aliphatic carbocycles. The summed E-state index contributed by atoms with van der Waals surface area (Å²) in [5.74, 6) is 0.0728. The monoisotopic (exact) mass is 332 g/mol. The second kappa shape index (κ2) is 7.35. The van der Waals surface area contributed by atoms with Gasteiger partial charge in [-0.1, -0.05) is 18.2 Å². The van der Waals surface area contributed by atoms with Gasteiger partial charge in [0.1, 0.15) is 5.82 Å². The third kappa shape index (κ3) is 4.26. The summed E-state index contributed by atoms with van der Waals surface area (Å²) < 4.78 is 0. The van der Waals surface area contributed by atoms with E-state index in [1.54, 1.807) is 36.8 Å². The van der Waals surface area contributed by atoms with E-state index in [1.807, 2.05) is 30.3 Å². The molecule has 2 amide bonds. The molecule has 3 aromatic rings. The molecule has 6 nitrogen and oxygen atoms in total. The summed E-state index contributed by atoms with van der Waals surface area (Å²) >= 11 is 0. The minimum atomic E-state index is -0.201. The molecule has 3 rings (SSSR count). The predicted octanol–water partition coefficient (Wildman–Crippen LogP) is 3.35. The Balaban J connectivity index is 1.82. The van der Waals surface area contributed by atoms with Crippen molar-refractivity contribution in [2.24, 2.45) is 0 Å². The molecule has 0 aliphatic rings. The molecule has 124 valence electrons. The van der Waals surface area contributed by atoms with E-state index in [0.717, 1.165) is 11.1 Å². The van der Waals surface area contributed by atoms with E-state index >= 15 is 0 Å². The number of rotatable bonds is 4. The number of nitrogens with zero attached hydrogens (tertiary/aromatic N) is 2. The first-order valence-corrected chi connectivity index (χ1v) is 7.67. The van der Waals surface area contributed by atoms with Gasteiger partial charge in [0.25, 0.3) is 5.91 Å². The maximum atomic E-state index is 12.2. The highest BCUT2D eigenvalue weighted by atomic mass is 16.2. The number of pyridine rings is 2. The fourth-order valence-corrected chi connectivity index (χ4v) is 2.32. The average molecular weight is 332 g/mol. The molecule has 2 aromatic heterocycles. The van der Waals surface area contributed by atoms with Gasteiger partial charge < -0.3 is 10.6 Å². The summed E-state index contributed by atoms with van der Waals surface area (Å²) in [5, 5.41) is 5.47. The van der Waals surface area contributed by atoms with Crippen LogP contribution in [0.4, 0.5) is 11.5 Å². The highest BCUT2D eigenvalue weighted by molar-refractivity contribution is 6.04. The first kappa shape index (κ1) is 16.3. The lowest BCUT2D eigenvalue weighted by Crippen LogP contribution is -2.11. The molecule has 25 heavy (non-hydrogen) atoms. The average Bonchev–Trinajstić information content (AvgIpc) is 2.62. The summed E-state index contributed by atoms with van der Waals surface area (Å²) in [5.41, 5.74) is 2.80. The van der Waals surface area contributed by atoms with Gasteiger partial charge in [-0.25, -0.2) is 4.98 Å². The van der Waals surface area contributed by atoms with E-state index in [9.17, 15) is 9.59 Å². The molecule has 0 bridgehead atoms. The molecule has 0 unspecified atom stereocenters. The Bertz CT molecular complexity index is 910. The Kier molecular flexibility index (Phi) is 4.80. The van der Waals surface area contributed by atoms with Crippen LogP contribution in [0, 0.1) is 0 Å². The number of hydrogen-bond acceptors (Lipinski definition) is 4. The molecule has 0 saturated carbocycles. The first-order chi connectivity index (χ1) is 12.1. The van der Waals surface area contributed by atoms with Crippen molar-refractivity contribution in [3.8, 4) is 11.1 Å². The smallest absolute Gasteiger partial charge is 0.255 e. The molecule has 0 spiro atoms. The predicted molar refractivity (Wildman–Crippen MR) is 96.2 cm³/mol. The molecule has 0 atom stereocenters. The van der Waals surface area contributed by atoms with Crippen LogP contribution in [0.15, 0.2) is 67.1 Å². The maximum Gasteiger partial charge on any atom is 0.255 e. The van der Waals surface area contributed by atoms with Gasteiger partial charge in [-0.05, 0) is 35.9 Å². The number of anilines is 2. The summed E-state index contributed by atoms with van der Waals surface area (Å²) in [6.07, 6.45) is 4.88. The van der Waals surface area contributed by atoms with Crippen LogP contribution >= 0.6 is 0 Å². The summed E-state index contributed by atoms with van der Waals surface area (Å²) in [6.45, 7) is 1.43. The van der Waals surface area contributed by atoms with Crippen LogP contribution < -0.4 is 10.6 Å². The fourth-order valence-electron chi connectivity index (χ4n) is 2.32. The number of hydrogen-bond donors (Lipinski definition) is 2. The zero-order chi connectivity index (χ0) is 17.6. The molecule has 0 aliphatic heterocycles. The Morgan fingerprint density at radius 2 is 1.72 bits per heavy atom. The Hall–Kier alpha value is -3.54. The van der Waals surface area contributed by atoms with E-state index in [4.69, 9.17) is 0 Å². The van der Waals surface area contributed by atoms with Crippen LogP contribution in [0.3, 0.4) is 0 Å². The number of carbonyl (C=O) groups excluding carboxylic acids is 2. The van der Waals surface area contributed by atoms with Crippen molar-refractivity contribution in [3.63, 3.8) is 0 Å². The van der Waals surface area contributed by atoms with Crippen LogP contribution in [0.1, 0.15) is 17.3 Å². The maximum absolute atomic E-state index is 12.2. The largest absolute Gasteiger partial charge is 0.321 e. The van der Waals surface area contributed by atoms with Crippen molar-refractivity contribution in [2.45, 2.75) is 6.92 Å². The first-order valence-electron chi connectivity index (χ1n) is 7.67. The Morgan fingerprint density at radius 3 is 2.48 bits per heavy atom. The quantitative estimate of drug-likeness (QED) is 0.767. The third-order valence-corrected chi connectivity index (χ3v) is 3.43. The highest BCUT2D eigenvalue weighted by Gasteiger charge is 2.07. The van der Waals surface area contributed by atoms with Gasteiger partial charge >= 0.3 is 0 Å². The summed E-state index contributed by atoms with van der Waals surface area (Å²) in [7, 11) is 0. The molecule has 2 heterocycles. The van der Waals surface area contributed by atoms with Gasteiger partial charge in [0.15, 0.2) is 0 Å². The zero-order valence-corrected chi connectivity index (χ0v) is 13.6. The van der Waals surface area contributed by atoms with Crippen molar-refractivity contribution in [1.82, 2.24) is 9.97 Å². The lowest BCUT2D eigenvalue weighted by molar-refractivity contribution is -0.114. The molecule has 6 heteroatoms. The van der Waals surface area contributed by atoms with E-state index in [1.165, 1.54) is 6.92 Å². The minimum absolute atomic E-state index is 0.188. The highest BCUT2D eigenvalue weighted by Crippen LogP contribution is 2.23. The van der Waals surface area contributed by atoms with Crippen molar-refractivity contribution in [2.75, 3.05) is 10.6 Å². The molecular weight excluding hydrogens is 316 g/mol. The number of benzene rings is 1. The molecule has 0 fully saturated rings. The standard InChI is InChI=1S/C19H16N4O2/c1-13(24)22-18-10-15(7-8-21-18)16-9-17(12-20-11-16)23-19(25)14-5-3-2-4-6-14/h2-12H,1H3,(H,23,25)(H,21,22,24). The lowest BCUT2D eigenvalue weighted by Gasteiger charge is -2.08. The minimum Gasteiger partial charge on any atom is -0.321 e. The van der Waals surface area contributed by atoms with Gasteiger partial charge in [0, 0.05) is 30.4 Å². The number of aromatic nitrogens is 2. The van der Waals surface area contributed by atoms with Crippen LogP contribution in [-0.4, -0.2) is 21.8 Å². The second-order valence-electron chi connectivity index (χ2n) is 5.39. The van der Waals surface area contributed by atoms with Gasteiger partial charge in [-0.3, -0.25) is 14.6 Å². The van der Waals surface area contributed by atoms with Crippen LogP contribution in [-0.2, 0) is 4.79 Å². The van der Waals surface area contributed by atoms with Gasteiger partial charge in [0.2, 0.25) is 5.91 Å². The second-order valence-corrected chi connectivity index (χ2v) is 5.39. The van der Waals surface area contributed by atoms with E-state index in [2.05, 4.69) is 20.6 Å². The number of carbonyl (C=O) groups is 2. The normalized spacial score (nSPS) is 10.1. The molecule has 0 radical (unpaired) electrons. The van der Waals surface area contributed by atoms with Crippen LogP contribution in [0.2, 0.25) is 0 Å². The Labute approximate surface area is 145 Å². The molecule has 1 aromatic carbocycles. The van der Waals surface area contributed by atoms with E-state index in [0.29, 0.717) is 17.1 Å². The molecule has 2 N–H and O–H groups in total. The van der Waals surface area contributed by atoms with Gasteiger partial charge in [-0.15, -0.1) is 0 Å². The lowest BCUT2D eigenvalue weighted by atomic mass is 10.1.